The number of allylic oxidation sites excluding steroid dienone is 1. The number of rotatable bonds is 1. The zero-order valence-electron chi connectivity index (χ0n) is 8.34. The molecule has 1 radical (unpaired) electrons. The lowest BCUT2D eigenvalue weighted by atomic mass is 10.1. The average Bonchev–Trinajstić information content (AvgIpc) is 2.21. The summed E-state index contributed by atoms with van der Waals surface area (Å²) >= 11 is 0. The summed E-state index contributed by atoms with van der Waals surface area (Å²) in [6, 6.07) is 0. The van der Waals surface area contributed by atoms with Crippen molar-refractivity contribution < 1.29 is 0 Å². The van der Waals surface area contributed by atoms with E-state index in [4.69, 9.17) is 0 Å². The van der Waals surface area contributed by atoms with E-state index >= 15 is 0 Å². The highest BCUT2D eigenvalue weighted by Crippen LogP contribution is 2.15. The van der Waals surface area contributed by atoms with Crippen LogP contribution in [0.2, 0.25) is 0 Å². The van der Waals surface area contributed by atoms with Crippen LogP contribution in [0, 0.1) is 0 Å². The molecule has 0 saturated carbocycles. The zero-order valence-corrected chi connectivity index (χ0v) is 8.34. The van der Waals surface area contributed by atoms with E-state index in [2.05, 4.69) is 16.4 Å². The molecule has 2 aliphatic heterocycles. The smallest absolute Gasteiger partial charge is 0.0506 e. The number of nitrogens with zero attached hydrogens (tertiary/aromatic N) is 2. The van der Waals surface area contributed by atoms with Gasteiger partial charge in [0.05, 0.1) is 5.70 Å². The zero-order chi connectivity index (χ0) is 8.93. The van der Waals surface area contributed by atoms with Crippen LogP contribution < -0.4 is 5.32 Å². The number of hydrogen-bond acceptors (Lipinski definition) is 1. The number of piperidine rings is 2. The standard InChI is InChI=1S/C11H19N2/c1-4-8-13(9-5-1)10-11-6-2-3-7-12-11/h10H,1-9H2/b11-10-. The summed E-state index contributed by atoms with van der Waals surface area (Å²) in [4.78, 5) is 2.45. The van der Waals surface area contributed by atoms with Gasteiger partial charge in [0.15, 0.2) is 0 Å². The molecule has 0 amide bonds. The Bertz CT molecular complexity index is 173. The molecule has 2 fully saturated rings. The first-order chi connectivity index (χ1) is 6.45. The minimum absolute atomic E-state index is 1.06. The third kappa shape index (κ3) is 2.64. The summed E-state index contributed by atoms with van der Waals surface area (Å²) in [5.41, 5.74) is 1.34. The van der Waals surface area contributed by atoms with Crippen molar-refractivity contribution in [1.29, 1.82) is 0 Å². The Hall–Kier alpha value is -0.660. The number of likely N-dealkylation sites (tertiary alicyclic amines) is 1. The minimum Gasteiger partial charge on any atom is -0.376 e. The summed E-state index contributed by atoms with van der Waals surface area (Å²) in [6.07, 6.45) is 10.3. The van der Waals surface area contributed by atoms with E-state index in [-0.39, 0.29) is 0 Å². The Morgan fingerprint density at radius 1 is 1.00 bits per heavy atom. The Morgan fingerprint density at radius 3 is 2.54 bits per heavy atom. The topological polar surface area (TPSA) is 17.3 Å². The molecule has 0 aromatic rings. The Balaban J connectivity index is 1.85. The Labute approximate surface area is 81.0 Å². The molecule has 0 aromatic carbocycles. The van der Waals surface area contributed by atoms with Gasteiger partial charge in [-0.05, 0) is 38.5 Å². The maximum Gasteiger partial charge on any atom is 0.0506 e. The molecule has 0 unspecified atom stereocenters. The quantitative estimate of drug-likeness (QED) is 0.602. The van der Waals surface area contributed by atoms with Gasteiger partial charge in [0.1, 0.15) is 0 Å². The van der Waals surface area contributed by atoms with Crippen molar-refractivity contribution in [3.05, 3.63) is 11.9 Å². The van der Waals surface area contributed by atoms with Crippen molar-refractivity contribution in [3.8, 4) is 0 Å². The van der Waals surface area contributed by atoms with Crippen molar-refractivity contribution in [2.75, 3.05) is 19.6 Å². The lowest BCUT2D eigenvalue weighted by molar-refractivity contribution is 0.303. The van der Waals surface area contributed by atoms with Gasteiger partial charge in [-0.1, -0.05) is 0 Å². The second-order valence-corrected chi connectivity index (χ2v) is 4.06. The average molecular weight is 179 g/mol. The van der Waals surface area contributed by atoms with E-state index in [1.165, 1.54) is 57.3 Å². The molecule has 0 aliphatic carbocycles. The predicted molar refractivity (Wildman–Crippen MR) is 54.4 cm³/mol. The molecule has 0 aromatic heterocycles. The van der Waals surface area contributed by atoms with Crippen molar-refractivity contribution in [1.82, 2.24) is 10.2 Å². The van der Waals surface area contributed by atoms with Crippen LogP contribution in [0.5, 0.6) is 0 Å². The highest BCUT2D eigenvalue weighted by atomic mass is 15.1. The van der Waals surface area contributed by atoms with Crippen molar-refractivity contribution in [3.63, 3.8) is 0 Å². The molecule has 0 bridgehead atoms. The lowest BCUT2D eigenvalue weighted by Gasteiger charge is -2.27. The second kappa shape index (κ2) is 4.54. The highest BCUT2D eigenvalue weighted by molar-refractivity contribution is 5.01. The molecule has 0 N–H and O–H groups in total. The van der Waals surface area contributed by atoms with Gasteiger partial charge in [-0.15, -0.1) is 0 Å². The molecule has 2 aliphatic rings. The van der Waals surface area contributed by atoms with Crippen molar-refractivity contribution in [2.24, 2.45) is 0 Å². The molecular formula is C11H19N2. The van der Waals surface area contributed by atoms with Gasteiger partial charge in [0.2, 0.25) is 0 Å². The van der Waals surface area contributed by atoms with E-state index < -0.39 is 0 Å². The van der Waals surface area contributed by atoms with E-state index in [1.807, 2.05) is 0 Å². The summed E-state index contributed by atoms with van der Waals surface area (Å²) in [5.74, 6) is 0. The van der Waals surface area contributed by atoms with E-state index in [1.54, 1.807) is 0 Å². The second-order valence-electron chi connectivity index (χ2n) is 4.06. The van der Waals surface area contributed by atoms with Gasteiger partial charge >= 0.3 is 0 Å². The molecular weight excluding hydrogens is 160 g/mol. The molecule has 2 rings (SSSR count). The molecule has 2 saturated heterocycles. The largest absolute Gasteiger partial charge is 0.376 e. The first-order valence-electron chi connectivity index (χ1n) is 5.57. The maximum atomic E-state index is 4.54. The normalized spacial score (nSPS) is 27.4. The summed E-state index contributed by atoms with van der Waals surface area (Å²) in [6.45, 7) is 3.55. The molecule has 2 heterocycles. The van der Waals surface area contributed by atoms with Crippen molar-refractivity contribution in [2.45, 2.75) is 38.5 Å². The minimum atomic E-state index is 1.06. The fraction of sp³-hybridized carbons (Fsp3) is 0.818. The predicted octanol–water partition coefficient (Wildman–Crippen LogP) is 2.10. The maximum absolute atomic E-state index is 4.54. The van der Waals surface area contributed by atoms with Crippen LogP contribution in [0.15, 0.2) is 11.9 Å². The van der Waals surface area contributed by atoms with Gasteiger partial charge in [-0.2, -0.15) is 0 Å². The Morgan fingerprint density at radius 2 is 1.85 bits per heavy atom. The fourth-order valence-electron chi connectivity index (χ4n) is 2.08. The summed E-state index contributed by atoms with van der Waals surface area (Å²) in [7, 11) is 0. The molecule has 2 heteroatoms. The van der Waals surface area contributed by atoms with Crippen LogP contribution in [-0.2, 0) is 0 Å². The van der Waals surface area contributed by atoms with Crippen LogP contribution >= 0.6 is 0 Å². The van der Waals surface area contributed by atoms with Crippen LogP contribution in [0.1, 0.15) is 38.5 Å². The van der Waals surface area contributed by atoms with E-state index in [9.17, 15) is 0 Å². The third-order valence-electron chi connectivity index (χ3n) is 2.88. The van der Waals surface area contributed by atoms with Crippen LogP contribution in [0.4, 0.5) is 0 Å². The third-order valence-corrected chi connectivity index (χ3v) is 2.88. The SMILES string of the molecule is C(=C1\CCCC[N]1)/N1CCCCC1. The fourth-order valence-corrected chi connectivity index (χ4v) is 2.08. The molecule has 73 valence electrons. The van der Waals surface area contributed by atoms with Gasteiger partial charge in [0, 0.05) is 25.8 Å². The van der Waals surface area contributed by atoms with E-state index in [0.29, 0.717) is 0 Å². The molecule has 13 heavy (non-hydrogen) atoms. The first kappa shape index (κ1) is 8.92. The van der Waals surface area contributed by atoms with Gasteiger partial charge in [-0.25, -0.2) is 0 Å². The van der Waals surface area contributed by atoms with Gasteiger partial charge in [0.25, 0.3) is 0 Å². The molecule has 2 nitrogen and oxygen atoms in total. The molecule has 0 spiro atoms. The molecule has 0 atom stereocenters. The Kier molecular flexibility index (Phi) is 3.11. The summed E-state index contributed by atoms with van der Waals surface area (Å²) in [5, 5.41) is 4.54. The first-order valence-corrected chi connectivity index (χ1v) is 5.57. The monoisotopic (exact) mass is 179 g/mol. The number of hydrogen-bond donors (Lipinski definition) is 0. The van der Waals surface area contributed by atoms with Crippen LogP contribution in [0.25, 0.3) is 0 Å². The van der Waals surface area contributed by atoms with Crippen LogP contribution in [-0.4, -0.2) is 24.5 Å². The summed E-state index contributed by atoms with van der Waals surface area (Å²) < 4.78 is 0. The van der Waals surface area contributed by atoms with Crippen molar-refractivity contribution >= 4 is 0 Å². The lowest BCUT2D eigenvalue weighted by Crippen LogP contribution is -2.26. The van der Waals surface area contributed by atoms with E-state index in [0.717, 1.165) is 6.54 Å². The van der Waals surface area contributed by atoms with Gasteiger partial charge in [-0.3, -0.25) is 5.32 Å². The van der Waals surface area contributed by atoms with Gasteiger partial charge < -0.3 is 4.90 Å². The van der Waals surface area contributed by atoms with Crippen LogP contribution in [0.3, 0.4) is 0 Å². The highest BCUT2D eigenvalue weighted by Gasteiger charge is 2.10.